The van der Waals surface area contributed by atoms with E-state index in [4.69, 9.17) is 0 Å². The third-order valence-electron chi connectivity index (χ3n) is 3.47. The molecule has 0 spiro atoms. The molecule has 0 aliphatic heterocycles. The van der Waals surface area contributed by atoms with Gasteiger partial charge in [0, 0.05) is 6.04 Å². The van der Waals surface area contributed by atoms with Gasteiger partial charge in [0.05, 0.1) is 11.4 Å². The molecule has 5 nitrogen and oxygen atoms in total. The van der Waals surface area contributed by atoms with Crippen LogP contribution in [0.4, 0.5) is 0 Å². The molecule has 2 N–H and O–H groups in total. The van der Waals surface area contributed by atoms with Crippen LogP contribution < -0.4 is 4.72 Å². The van der Waals surface area contributed by atoms with Crippen LogP contribution in [-0.4, -0.2) is 24.7 Å². The average Bonchev–Trinajstić information content (AvgIpc) is 2.71. The lowest BCUT2D eigenvalue weighted by Gasteiger charge is -2.15. The second kappa shape index (κ2) is 5.99. The first-order chi connectivity index (χ1) is 9.81. The SMILES string of the molecule is Cc1ccccc1CC(C)NS(=O)(=O)c1c(C)n[nH]c1C. The second-order valence-electron chi connectivity index (χ2n) is 5.42. The molecule has 0 bridgehead atoms. The molecule has 0 fully saturated rings. The smallest absolute Gasteiger partial charge is 0.244 e. The summed E-state index contributed by atoms with van der Waals surface area (Å²) < 4.78 is 27.6. The molecule has 0 saturated heterocycles. The number of rotatable bonds is 5. The summed E-state index contributed by atoms with van der Waals surface area (Å²) in [4.78, 5) is 0.249. The molecule has 2 rings (SSSR count). The Morgan fingerprint density at radius 1 is 1.24 bits per heavy atom. The van der Waals surface area contributed by atoms with Gasteiger partial charge < -0.3 is 0 Å². The fraction of sp³-hybridized carbons (Fsp3) is 0.400. The van der Waals surface area contributed by atoms with Gasteiger partial charge in [-0.15, -0.1) is 0 Å². The van der Waals surface area contributed by atoms with Gasteiger partial charge in [0.15, 0.2) is 0 Å². The summed E-state index contributed by atoms with van der Waals surface area (Å²) in [7, 11) is -3.55. The van der Waals surface area contributed by atoms with Gasteiger partial charge in [0.25, 0.3) is 0 Å². The quantitative estimate of drug-likeness (QED) is 0.889. The number of aromatic amines is 1. The maximum absolute atomic E-state index is 12.4. The topological polar surface area (TPSA) is 74.8 Å². The van der Waals surface area contributed by atoms with Crippen LogP contribution in [0.5, 0.6) is 0 Å². The Hall–Kier alpha value is -1.66. The number of nitrogens with zero attached hydrogens (tertiary/aromatic N) is 1. The Morgan fingerprint density at radius 2 is 1.90 bits per heavy atom. The molecule has 1 unspecified atom stereocenters. The number of nitrogens with one attached hydrogen (secondary N) is 2. The van der Waals surface area contributed by atoms with Gasteiger partial charge in [-0.2, -0.15) is 5.10 Å². The van der Waals surface area contributed by atoms with E-state index >= 15 is 0 Å². The fourth-order valence-electron chi connectivity index (χ4n) is 2.47. The summed E-state index contributed by atoms with van der Waals surface area (Å²) in [5.74, 6) is 0. The molecule has 2 aromatic rings. The molecule has 1 heterocycles. The number of aromatic nitrogens is 2. The molecule has 114 valence electrons. The molecule has 0 amide bonds. The van der Waals surface area contributed by atoms with Crippen molar-refractivity contribution in [2.75, 3.05) is 0 Å². The zero-order chi connectivity index (χ0) is 15.6. The lowest BCUT2D eigenvalue weighted by molar-refractivity contribution is 0.558. The van der Waals surface area contributed by atoms with Crippen molar-refractivity contribution in [2.45, 2.75) is 45.1 Å². The van der Waals surface area contributed by atoms with E-state index in [9.17, 15) is 8.42 Å². The van der Waals surface area contributed by atoms with E-state index in [1.165, 1.54) is 5.56 Å². The van der Waals surface area contributed by atoms with Crippen LogP contribution in [0.2, 0.25) is 0 Å². The van der Waals surface area contributed by atoms with Crippen molar-refractivity contribution in [3.63, 3.8) is 0 Å². The van der Waals surface area contributed by atoms with Gasteiger partial charge in [-0.05, 0) is 45.2 Å². The van der Waals surface area contributed by atoms with E-state index in [0.717, 1.165) is 5.56 Å². The molecular weight excluding hydrogens is 286 g/mol. The standard InChI is InChI=1S/C15H21N3O2S/c1-10-7-5-6-8-14(10)9-11(2)18-21(19,20)15-12(3)16-17-13(15)4/h5-8,11,18H,9H2,1-4H3,(H,16,17). The molecule has 0 aliphatic rings. The highest BCUT2D eigenvalue weighted by atomic mass is 32.2. The van der Waals surface area contributed by atoms with Crippen molar-refractivity contribution < 1.29 is 8.42 Å². The molecule has 1 aromatic heterocycles. The minimum Gasteiger partial charge on any atom is -0.281 e. The monoisotopic (exact) mass is 307 g/mol. The summed E-state index contributed by atoms with van der Waals surface area (Å²) >= 11 is 0. The predicted molar refractivity (Wildman–Crippen MR) is 82.7 cm³/mol. The van der Waals surface area contributed by atoms with Crippen molar-refractivity contribution in [3.8, 4) is 0 Å². The molecule has 0 radical (unpaired) electrons. The summed E-state index contributed by atoms with van der Waals surface area (Å²) in [5, 5.41) is 6.65. The summed E-state index contributed by atoms with van der Waals surface area (Å²) in [6.07, 6.45) is 0.655. The number of benzene rings is 1. The van der Waals surface area contributed by atoms with Crippen LogP contribution >= 0.6 is 0 Å². The molecule has 6 heteroatoms. The molecule has 1 atom stereocenters. The number of aryl methyl sites for hydroxylation is 3. The highest BCUT2D eigenvalue weighted by molar-refractivity contribution is 7.89. The van der Waals surface area contributed by atoms with E-state index < -0.39 is 10.0 Å². The van der Waals surface area contributed by atoms with Crippen LogP contribution in [0.15, 0.2) is 29.2 Å². The number of hydrogen-bond acceptors (Lipinski definition) is 3. The first kappa shape index (κ1) is 15.7. The minimum atomic E-state index is -3.55. The summed E-state index contributed by atoms with van der Waals surface area (Å²) in [5.41, 5.74) is 3.36. The van der Waals surface area contributed by atoms with Crippen LogP contribution in [0.3, 0.4) is 0 Å². The first-order valence-electron chi connectivity index (χ1n) is 6.89. The average molecular weight is 307 g/mol. The maximum Gasteiger partial charge on any atom is 0.244 e. The first-order valence-corrected chi connectivity index (χ1v) is 8.38. The van der Waals surface area contributed by atoms with Gasteiger partial charge in [0.1, 0.15) is 4.90 Å². The summed E-state index contributed by atoms with van der Waals surface area (Å²) in [6, 6.07) is 7.81. The van der Waals surface area contributed by atoms with Crippen LogP contribution in [0.25, 0.3) is 0 Å². The van der Waals surface area contributed by atoms with E-state index in [0.29, 0.717) is 17.8 Å². The van der Waals surface area contributed by atoms with Gasteiger partial charge in [0.2, 0.25) is 10.0 Å². The lowest BCUT2D eigenvalue weighted by atomic mass is 10.0. The van der Waals surface area contributed by atoms with Crippen molar-refractivity contribution in [3.05, 3.63) is 46.8 Å². The van der Waals surface area contributed by atoms with Gasteiger partial charge in [-0.25, -0.2) is 13.1 Å². The Labute approximate surface area is 125 Å². The second-order valence-corrected chi connectivity index (χ2v) is 7.07. The highest BCUT2D eigenvalue weighted by Crippen LogP contribution is 2.17. The maximum atomic E-state index is 12.4. The zero-order valence-electron chi connectivity index (χ0n) is 12.8. The predicted octanol–water partition coefficient (Wildman–Crippen LogP) is 2.24. The van der Waals surface area contributed by atoms with E-state index in [2.05, 4.69) is 14.9 Å². The highest BCUT2D eigenvalue weighted by Gasteiger charge is 2.24. The van der Waals surface area contributed by atoms with Gasteiger partial charge >= 0.3 is 0 Å². The van der Waals surface area contributed by atoms with Crippen LogP contribution in [0.1, 0.15) is 29.4 Å². The van der Waals surface area contributed by atoms with Gasteiger partial charge in [-0.3, -0.25) is 5.10 Å². The Bertz CT molecular complexity index is 716. The zero-order valence-corrected chi connectivity index (χ0v) is 13.6. The lowest BCUT2D eigenvalue weighted by Crippen LogP contribution is -2.34. The molecule has 21 heavy (non-hydrogen) atoms. The Kier molecular flexibility index (Phi) is 4.49. The van der Waals surface area contributed by atoms with Crippen molar-refractivity contribution >= 4 is 10.0 Å². The normalized spacial score (nSPS) is 13.3. The van der Waals surface area contributed by atoms with Gasteiger partial charge in [-0.1, -0.05) is 24.3 Å². The van der Waals surface area contributed by atoms with Crippen molar-refractivity contribution in [2.24, 2.45) is 0 Å². The Morgan fingerprint density at radius 3 is 2.48 bits per heavy atom. The molecule has 1 aromatic carbocycles. The minimum absolute atomic E-state index is 0.190. The third kappa shape index (κ3) is 3.51. The largest absolute Gasteiger partial charge is 0.281 e. The van der Waals surface area contributed by atoms with Crippen molar-refractivity contribution in [1.29, 1.82) is 0 Å². The molecule has 0 aliphatic carbocycles. The fourth-order valence-corrected chi connectivity index (χ4v) is 4.09. The Balaban J connectivity index is 2.16. The molecular formula is C15H21N3O2S. The summed E-state index contributed by atoms with van der Waals surface area (Å²) in [6.45, 7) is 7.29. The van der Waals surface area contributed by atoms with Crippen LogP contribution in [0, 0.1) is 20.8 Å². The third-order valence-corrected chi connectivity index (χ3v) is 5.32. The van der Waals surface area contributed by atoms with E-state index in [1.807, 2.05) is 38.1 Å². The van der Waals surface area contributed by atoms with E-state index in [1.54, 1.807) is 13.8 Å². The van der Waals surface area contributed by atoms with Crippen LogP contribution in [-0.2, 0) is 16.4 Å². The number of sulfonamides is 1. The number of H-pyrrole nitrogens is 1. The number of hydrogen-bond donors (Lipinski definition) is 2. The van der Waals surface area contributed by atoms with E-state index in [-0.39, 0.29) is 10.9 Å². The molecule has 0 saturated carbocycles. The van der Waals surface area contributed by atoms with Crippen molar-refractivity contribution in [1.82, 2.24) is 14.9 Å².